The Morgan fingerprint density at radius 1 is 0.795 bits per heavy atom. The number of fused-ring (bicyclic) bond motifs is 6. The molecule has 4 heteroatoms. The summed E-state index contributed by atoms with van der Waals surface area (Å²) >= 11 is 0. The van der Waals surface area contributed by atoms with Gasteiger partial charge in [-0.2, -0.15) is 4.57 Å². The van der Waals surface area contributed by atoms with Crippen LogP contribution in [-0.4, -0.2) is 14.1 Å². The molecule has 3 heterocycles. The van der Waals surface area contributed by atoms with Gasteiger partial charge in [-0.3, -0.25) is 4.57 Å². The summed E-state index contributed by atoms with van der Waals surface area (Å²) in [6.45, 7) is 9.88. The minimum atomic E-state index is -0.877. The topological polar surface area (TPSA) is 26.6 Å². The molecule has 0 amide bonds. The molecule has 0 aliphatic carbocycles. The van der Waals surface area contributed by atoms with Gasteiger partial charge < -0.3 is 0 Å². The van der Waals surface area contributed by atoms with E-state index in [0.29, 0.717) is 0 Å². The molecule has 0 atom stereocenters. The third kappa shape index (κ3) is 3.37. The number of aromatic nitrogens is 4. The van der Waals surface area contributed by atoms with Crippen LogP contribution in [0.1, 0.15) is 70.3 Å². The third-order valence-electron chi connectivity index (χ3n) is 8.26. The second-order valence-electron chi connectivity index (χ2n) is 11.2. The summed E-state index contributed by atoms with van der Waals surface area (Å²) < 4.78 is 25.2. The molecule has 4 nitrogen and oxygen atoms in total. The Kier molecular flexibility index (Phi) is 4.83. The van der Waals surface area contributed by atoms with Crippen molar-refractivity contribution in [2.75, 3.05) is 0 Å². The fraction of sp³-hybridized carbons (Fsp3) is 0.257. The molecular weight excluding hydrogens is 476 g/mol. The summed E-state index contributed by atoms with van der Waals surface area (Å²) in [4.78, 5) is 5.30. The molecule has 0 saturated heterocycles. The Morgan fingerprint density at radius 2 is 1.49 bits per heavy atom. The highest BCUT2D eigenvalue weighted by atomic mass is 15.2. The number of para-hydroxylation sites is 4. The highest BCUT2D eigenvalue weighted by Crippen LogP contribution is 2.41. The van der Waals surface area contributed by atoms with Gasteiger partial charge in [0.1, 0.15) is 17.0 Å². The van der Waals surface area contributed by atoms with Crippen molar-refractivity contribution < 1.29 is 7.31 Å². The van der Waals surface area contributed by atoms with Gasteiger partial charge in [-0.25, -0.2) is 9.55 Å². The van der Waals surface area contributed by atoms with E-state index in [1.165, 1.54) is 11.3 Å². The van der Waals surface area contributed by atoms with Gasteiger partial charge in [0.2, 0.25) is 0 Å². The molecule has 0 fully saturated rings. The van der Waals surface area contributed by atoms with Crippen LogP contribution in [-0.2, 0) is 13.5 Å². The fourth-order valence-electron chi connectivity index (χ4n) is 6.42. The first-order valence-corrected chi connectivity index (χ1v) is 13.7. The number of imidazole rings is 2. The first kappa shape index (κ1) is 21.7. The Balaban J connectivity index is 1.65. The zero-order chi connectivity index (χ0) is 28.8. The predicted octanol–water partition coefficient (Wildman–Crippen LogP) is 7.92. The van der Waals surface area contributed by atoms with Gasteiger partial charge in [-0.15, -0.1) is 0 Å². The minimum Gasteiger partial charge on any atom is -0.296 e. The third-order valence-corrected chi connectivity index (χ3v) is 8.26. The first-order chi connectivity index (χ1) is 19.5. The largest absolute Gasteiger partial charge is 0.297 e. The predicted molar refractivity (Wildman–Crippen MR) is 160 cm³/mol. The maximum atomic E-state index is 9.16. The van der Waals surface area contributed by atoms with E-state index in [1.807, 2.05) is 45.9 Å². The van der Waals surface area contributed by atoms with Crippen molar-refractivity contribution in [2.45, 2.75) is 52.8 Å². The van der Waals surface area contributed by atoms with Crippen LogP contribution in [0.15, 0.2) is 78.9 Å². The molecule has 7 rings (SSSR count). The maximum absolute atomic E-state index is 9.16. The zero-order valence-electron chi connectivity index (χ0n) is 25.5. The van der Waals surface area contributed by atoms with Crippen LogP contribution in [0, 0.1) is 6.92 Å². The molecule has 0 bridgehead atoms. The Morgan fingerprint density at radius 3 is 2.23 bits per heavy atom. The van der Waals surface area contributed by atoms with Crippen molar-refractivity contribution in [2.24, 2.45) is 7.05 Å². The molecule has 4 aromatic carbocycles. The molecule has 0 spiro atoms. The van der Waals surface area contributed by atoms with Gasteiger partial charge in [0, 0.05) is 20.3 Å². The van der Waals surface area contributed by atoms with E-state index in [-0.39, 0.29) is 0 Å². The summed E-state index contributed by atoms with van der Waals surface area (Å²) in [7, 11) is 2.12. The van der Waals surface area contributed by atoms with E-state index in [0.717, 1.165) is 68.1 Å². The Hall–Kier alpha value is -4.18. The van der Waals surface area contributed by atoms with Gasteiger partial charge in [-0.1, -0.05) is 82.3 Å². The van der Waals surface area contributed by atoms with E-state index in [1.54, 1.807) is 0 Å². The van der Waals surface area contributed by atoms with E-state index in [9.17, 15) is 0 Å². The second kappa shape index (κ2) is 8.67. The second-order valence-corrected chi connectivity index (χ2v) is 11.2. The molecule has 0 radical (unpaired) electrons. The van der Waals surface area contributed by atoms with Crippen molar-refractivity contribution >= 4 is 22.1 Å². The Bertz CT molecular complexity index is 1980. The molecule has 0 saturated carbocycles. The number of nitrogens with zero attached hydrogens (tertiary/aromatic N) is 4. The quantitative estimate of drug-likeness (QED) is 0.220. The number of hydrogen-bond acceptors (Lipinski definition) is 1. The number of benzene rings is 4. The van der Waals surface area contributed by atoms with Crippen LogP contribution in [0.25, 0.3) is 44.8 Å². The van der Waals surface area contributed by atoms with Crippen LogP contribution < -0.4 is 4.57 Å². The highest BCUT2D eigenvalue weighted by Gasteiger charge is 2.34. The normalized spacial score (nSPS) is 14.0. The van der Waals surface area contributed by atoms with Crippen molar-refractivity contribution in [1.29, 1.82) is 0 Å². The number of hydrogen-bond donors (Lipinski definition) is 0. The van der Waals surface area contributed by atoms with Gasteiger partial charge >= 0.3 is 0 Å². The molecule has 6 aromatic rings. The van der Waals surface area contributed by atoms with Gasteiger partial charge in [0.05, 0.1) is 23.8 Å². The molecule has 0 unspecified atom stereocenters. The molecular formula is C35H35N4+. The average Bonchev–Trinajstić information content (AvgIpc) is 3.55. The van der Waals surface area contributed by atoms with Crippen LogP contribution in [0.4, 0.5) is 0 Å². The summed E-state index contributed by atoms with van der Waals surface area (Å²) in [6, 6.07) is 27.5. The molecule has 39 heavy (non-hydrogen) atoms. The lowest BCUT2D eigenvalue weighted by atomic mass is 9.92. The van der Waals surface area contributed by atoms with E-state index in [4.69, 9.17) is 7.73 Å². The molecule has 0 N–H and O–H groups in total. The van der Waals surface area contributed by atoms with Crippen molar-refractivity contribution in [3.63, 3.8) is 0 Å². The van der Waals surface area contributed by atoms with Gasteiger partial charge in [-0.05, 0) is 54.1 Å². The van der Waals surface area contributed by atoms with E-state index < -0.39 is 11.8 Å². The molecule has 194 valence electrons. The highest BCUT2D eigenvalue weighted by molar-refractivity contribution is 5.95. The Labute approximate surface area is 233 Å². The maximum Gasteiger partial charge on any atom is 0.297 e. The standard InChI is InChI=1S/C35H35N4/c1-21(2)25-13-11-14-26(22(3)4)34(25)39-29-17-10-9-16-28(29)37(6)35(39)32-23(5)18-19-30-33(32)36-31-20-24-12-7-8-15-27(24)38(30)31/h7-19,21-22H,20H2,1-6H3/q+1/i21D,22D. The van der Waals surface area contributed by atoms with Crippen molar-refractivity contribution in [1.82, 2.24) is 14.1 Å². The van der Waals surface area contributed by atoms with E-state index in [2.05, 4.69) is 88.3 Å². The fourth-order valence-corrected chi connectivity index (χ4v) is 6.42. The summed E-state index contributed by atoms with van der Waals surface area (Å²) in [5.74, 6) is 0.302. The van der Waals surface area contributed by atoms with Gasteiger partial charge in [0.25, 0.3) is 5.82 Å². The average molecular weight is 514 g/mol. The van der Waals surface area contributed by atoms with Crippen LogP contribution >= 0.6 is 0 Å². The molecule has 1 aliphatic heterocycles. The van der Waals surface area contributed by atoms with Crippen molar-refractivity contribution in [3.05, 3.63) is 107 Å². The monoisotopic (exact) mass is 513 g/mol. The summed E-state index contributed by atoms with van der Waals surface area (Å²) in [6.07, 6.45) is 0.811. The van der Waals surface area contributed by atoms with E-state index >= 15 is 0 Å². The minimum absolute atomic E-state index is 0.811. The lowest BCUT2D eigenvalue weighted by Gasteiger charge is -2.18. The van der Waals surface area contributed by atoms with Crippen LogP contribution in [0.3, 0.4) is 0 Å². The summed E-state index contributed by atoms with van der Waals surface area (Å²) in [5.41, 5.74) is 11.6. The van der Waals surface area contributed by atoms with Crippen LogP contribution in [0.2, 0.25) is 0 Å². The lowest BCUT2D eigenvalue weighted by Crippen LogP contribution is -2.30. The van der Waals surface area contributed by atoms with Crippen molar-refractivity contribution in [3.8, 4) is 22.8 Å². The smallest absolute Gasteiger partial charge is 0.296 e. The SMILES string of the molecule is [2H]C(C)(C)c1cccc(C([2H])(C)C)c1-n1c(-c2c(C)ccc3c2nc2n3-c3ccccc3C2)[n+](C)c2ccccc21. The lowest BCUT2D eigenvalue weighted by molar-refractivity contribution is -0.633. The zero-order valence-corrected chi connectivity index (χ0v) is 23.5. The van der Waals surface area contributed by atoms with Crippen LogP contribution in [0.5, 0.6) is 0 Å². The number of rotatable bonds is 4. The van der Waals surface area contributed by atoms with Gasteiger partial charge in [0.15, 0.2) is 11.0 Å². The molecule has 2 aromatic heterocycles. The molecule has 1 aliphatic rings. The number of aryl methyl sites for hydroxylation is 2. The first-order valence-electron chi connectivity index (χ1n) is 14.7. The summed E-state index contributed by atoms with van der Waals surface area (Å²) in [5, 5.41) is 0.